The van der Waals surface area contributed by atoms with Gasteiger partial charge in [0.25, 0.3) is 0 Å². The summed E-state index contributed by atoms with van der Waals surface area (Å²) < 4.78 is 21.9. The largest absolute Gasteiger partial charge is 0.469 e. The fourth-order valence-corrected chi connectivity index (χ4v) is 8.70. The molecule has 2 aliphatic heterocycles. The lowest BCUT2D eigenvalue weighted by atomic mass is 9.40. The van der Waals surface area contributed by atoms with Crippen LogP contribution in [0.3, 0.4) is 0 Å². The third-order valence-corrected chi connectivity index (χ3v) is 11.0. The molecule has 5 aliphatic rings. The molecule has 0 spiro atoms. The number of allylic oxidation sites excluding steroid dienone is 2. The van der Waals surface area contributed by atoms with Crippen molar-refractivity contribution in [3.05, 3.63) is 34.4 Å². The second-order valence-electron chi connectivity index (χ2n) is 13.4. The first-order chi connectivity index (χ1) is 19.6. The van der Waals surface area contributed by atoms with Crippen molar-refractivity contribution in [2.75, 3.05) is 7.11 Å². The number of ether oxygens (including phenoxy) is 4. The van der Waals surface area contributed by atoms with Crippen LogP contribution in [0.5, 0.6) is 0 Å². The number of Topliss-reactive ketones (excluding diaryl/α,β-unsaturated/α-hetero) is 1. The number of cyclic esters (lactones) is 2. The zero-order valence-corrected chi connectivity index (χ0v) is 25.3. The summed E-state index contributed by atoms with van der Waals surface area (Å²) in [5.41, 5.74) is -0.281. The molecule has 0 aromatic carbocycles. The van der Waals surface area contributed by atoms with Crippen LogP contribution in [0.15, 0.2) is 34.4 Å². The molecular weight excluding hydrogens is 544 g/mol. The van der Waals surface area contributed by atoms with Crippen molar-refractivity contribution in [1.82, 2.24) is 0 Å². The molecule has 2 saturated carbocycles. The fraction of sp³-hybridized carbons (Fsp3) is 0.656. The van der Waals surface area contributed by atoms with E-state index >= 15 is 0 Å². The average molecular weight is 585 g/mol. The van der Waals surface area contributed by atoms with Gasteiger partial charge >= 0.3 is 23.9 Å². The highest BCUT2D eigenvalue weighted by Gasteiger charge is 2.69. The average Bonchev–Trinajstić information content (AvgIpc) is 3.27. The van der Waals surface area contributed by atoms with Gasteiger partial charge in [0.1, 0.15) is 18.0 Å². The zero-order chi connectivity index (χ0) is 30.9. The first kappa shape index (κ1) is 30.2. The molecule has 1 saturated heterocycles. The minimum Gasteiger partial charge on any atom is -0.469 e. The van der Waals surface area contributed by atoms with Gasteiger partial charge in [0.15, 0.2) is 0 Å². The molecule has 0 amide bonds. The second-order valence-corrected chi connectivity index (χ2v) is 13.4. The lowest BCUT2D eigenvalue weighted by Gasteiger charge is -2.63. The summed E-state index contributed by atoms with van der Waals surface area (Å²) in [6, 6.07) is 0. The molecule has 1 N–H and O–H groups in total. The van der Waals surface area contributed by atoms with E-state index in [-0.39, 0.29) is 36.5 Å². The Morgan fingerprint density at radius 2 is 1.83 bits per heavy atom. The van der Waals surface area contributed by atoms with Crippen molar-refractivity contribution < 1.29 is 48.0 Å². The summed E-state index contributed by atoms with van der Waals surface area (Å²) in [6.07, 6.45) is 1.05. The molecule has 3 aliphatic carbocycles. The van der Waals surface area contributed by atoms with Crippen LogP contribution in [0.25, 0.3) is 0 Å². The number of fused-ring (bicyclic) bond motifs is 5. The van der Waals surface area contributed by atoms with Gasteiger partial charge in [0, 0.05) is 28.2 Å². The molecule has 2 heterocycles. The van der Waals surface area contributed by atoms with E-state index in [1.165, 1.54) is 13.2 Å². The lowest BCUT2D eigenvalue weighted by Crippen LogP contribution is -2.67. The number of ketones is 1. The summed E-state index contributed by atoms with van der Waals surface area (Å²) in [6.45, 7) is 11.1. The summed E-state index contributed by atoms with van der Waals surface area (Å²) >= 11 is 0. The highest BCUT2D eigenvalue weighted by atomic mass is 16.6. The van der Waals surface area contributed by atoms with Gasteiger partial charge in [-0.05, 0) is 56.6 Å². The van der Waals surface area contributed by atoms with Crippen molar-refractivity contribution in [3.63, 3.8) is 0 Å². The van der Waals surface area contributed by atoms with Crippen LogP contribution in [-0.4, -0.2) is 60.4 Å². The third-order valence-electron chi connectivity index (χ3n) is 11.0. The molecule has 5 rings (SSSR count). The maximum atomic E-state index is 14.5. The molecule has 0 aromatic heterocycles. The minimum absolute atomic E-state index is 0.00605. The Kier molecular flexibility index (Phi) is 7.32. The molecule has 228 valence electrons. The van der Waals surface area contributed by atoms with Crippen LogP contribution in [-0.2, 0) is 42.9 Å². The number of methoxy groups -OCH3 is 1. The van der Waals surface area contributed by atoms with Gasteiger partial charge in [0.2, 0.25) is 6.29 Å². The predicted molar refractivity (Wildman–Crippen MR) is 147 cm³/mol. The van der Waals surface area contributed by atoms with E-state index in [1.54, 1.807) is 19.9 Å². The normalized spacial score (nSPS) is 39.0. The number of esters is 4. The quantitative estimate of drug-likeness (QED) is 0.221. The first-order valence-corrected chi connectivity index (χ1v) is 14.6. The van der Waals surface area contributed by atoms with Crippen molar-refractivity contribution in [2.45, 2.75) is 92.1 Å². The molecule has 8 atom stereocenters. The maximum absolute atomic E-state index is 14.5. The van der Waals surface area contributed by atoms with Gasteiger partial charge < -0.3 is 24.1 Å². The van der Waals surface area contributed by atoms with Crippen LogP contribution in [0, 0.1) is 34.0 Å². The van der Waals surface area contributed by atoms with Gasteiger partial charge in [-0.3, -0.25) is 14.4 Å². The number of hydrogen-bond acceptors (Lipinski definition) is 10. The molecule has 10 nitrogen and oxygen atoms in total. The molecule has 0 aromatic rings. The standard InChI is InChI=1S/C32H40O10/c1-8-15(2)28(37)42-26-17-11-16-19(32(6,25(17)36)21(30(26,3)4)14-22(33)39-7)9-10-31(5)20(16)13-24(35)40-27(31)18-12-23(34)41-29(18)38/h8,12,17,19,21,23,26-27,34H,9-11,13-14H2,1-7H3/t17-,19-,21+,23+,26-,27+,31-,32-/m1/s1. The van der Waals surface area contributed by atoms with Crippen LogP contribution in [0.4, 0.5) is 0 Å². The number of aliphatic hydroxyl groups excluding tert-OH is 1. The Morgan fingerprint density at radius 3 is 2.43 bits per heavy atom. The molecule has 0 radical (unpaired) electrons. The van der Waals surface area contributed by atoms with E-state index in [0.29, 0.717) is 18.4 Å². The molecule has 10 heteroatoms. The molecule has 3 fully saturated rings. The molecule has 42 heavy (non-hydrogen) atoms. The fourth-order valence-electron chi connectivity index (χ4n) is 8.70. The van der Waals surface area contributed by atoms with Crippen molar-refractivity contribution >= 4 is 29.7 Å². The molecule has 0 unspecified atom stereocenters. The smallest absolute Gasteiger partial charge is 0.340 e. The Morgan fingerprint density at radius 1 is 1.14 bits per heavy atom. The second kappa shape index (κ2) is 10.2. The van der Waals surface area contributed by atoms with E-state index in [2.05, 4.69) is 0 Å². The van der Waals surface area contributed by atoms with Gasteiger partial charge in [0.05, 0.1) is 25.0 Å². The Balaban J connectivity index is 1.68. The van der Waals surface area contributed by atoms with Gasteiger partial charge in [-0.15, -0.1) is 0 Å². The molecular formula is C32H40O10. The van der Waals surface area contributed by atoms with E-state index in [9.17, 15) is 29.1 Å². The maximum Gasteiger partial charge on any atom is 0.340 e. The number of aliphatic hydroxyl groups is 1. The highest BCUT2D eigenvalue weighted by Crippen LogP contribution is 2.67. The van der Waals surface area contributed by atoms with Crippen molar-refractivity contribution in [3.8, 4) is 0 Å². The van der Waals surface area contributed by atoms with E-state index < -0.39 is 70.5 Å². The number of carbonyl (C=O) groups excluding carboxylic acids is 5. The van der Waals surface area contributed by atoms with E-state index in [4.69, 9.17) is 18.9 Å². The minimum atomic E-state index is -1.41. The lowest BCUT2D eigenvalue weighted by molar-refractivity contribution is -0.196. The Hall–Kier alpha value is -3.27. The third kappa shape index (κ3) is 4.28. The van der Waals surface area contributed by atoms with Crippen LogP contribution in [0.2, 0.25) is 0 Å². The monoisotopic (exact) mass is 584 g/mol. The number of carbonyl (C=O) groups is 5. The van der Waals surface area contributed by atoms with Crippen LogP contribution < -0.4 is 0 Å². The summed E-state index contributed by atoms with van der Waals surface area (Å²) in [7, 11) is 1.31. The van der Waals surface area contributed by atoms with Gasteiger partial charge in [-0.1, -0.05) is 39.3 Å². The predicted octanol–water partition coefficient (Wildman–Crippen LogP) is 3.51. The van der Waals surface area contributed by atoms with E-state index in [1.807, 2.05) is 27.7 Å². The zero-order valence-electron chi connectivity index (χ0n) is 25.3. The Labute approximate surface area is 245 Å². The topological polar surface area (TPSA) is 142 Å². The van der Waals surface area contributed by atoms with E-state index in [0.717, 1.165) is 11.1 Å². The Bertz CT molecular complexity index is 1350. The van der Waals surface area contributed by atoms with Gasteiger partial charge in [-0.25, -0.2) is 9.59 Å². The first-order valence-electron chi connectivity index (χ1n) is 14.6. The van der Waals surface area contributed by atoms with Gasteiger partial charge in [-0.2, -0.15) is 0 Å². The van der Waals surface area contributed by atoms with Crippen LogP contribution >= 0.6 is 0 Å². The molecule has 2 bridgehead atoms. The highest BCUT2D eigenvalue weighted by molar-refractivity contribution is 5.95. The summed E-state index contributed by atoms with van der Waals surface area (Å²) in [5, 5.41) is 9.94. The van der Waals surface area contributed by atoms with Crippen LogP contribution in [0.1, 0.15) is 73.6 Å². The van der Waals surface area contributed by atoms with Crippen molar-refractivity contribution in [1.29, 1.82) is 0 Å². The SMILES string of the molecule is CC=C(C)C(=O)O[C@@H]1[C@@H]2CC3=C4CC(=O)O[C@@H](C5=C[C@@H](O)OC5=O)[C@]4(C)CC[C@H]3[C@@](C)(C2=O)[C@@H](CC(=O)OC)C1(C)C. The van der Waals surface area contributed by atoms with Crippen molar-refractivity contribution in [2.24, 2.45) is 34.0 Å². The number of rotatable bonds is 5. The summed E-state index contributed by atoms with van der Waals surface area (Å²) in [5.74, 6) is -3.76. The summed E-state index contributed by atoms with van der Waals surface area (Å²) in [4.78, 5) is 66.0. The number of hydrogen-bond donors (Lipinski definition) is 1.